The van der Waals surface area contributed by atoms with Crippen LogP contribution in [0.2, 0.25) is 5.15 Å². The first-order chi connectivity index (χ1) is 7.72. The molecule has 0 bridgehead atoms. The molecule has 88 valence electrons. The van der Waals surface area contributed by atoms with Gasteiger partial charge in [0.15, 0.2) is 11.0 Å². The van der Waals surface area contributed by atoms with Crippen molar-refractivity contribution in [3.63, 3.8) is 0 Å². The number of nitrogens with one attached hydrogen (secondary N) is 2. The van der Waals surface area contributed by atoms with E-state index in [1.165, 1.54) is 0 Å². The summed E-state index contributed by atoms with van der Waals surface area (Å²) in [7, 11) is 0. The van der Waals surface area contributed by atoms with Crippen molar-refractivity contribution in [2.24, 2.45) is 0 Å². The van der Waals surface area contributed by atoms with E-state index in [0.29, 0.717) is 30.5 Å². The van der Waals surface area contributed by atoms with Gasteiger partial charge in [-0.1, -0.05) is 11.6 Å². The van der Waals surface area contributed by atoms with Crippen LogP contribution in [0.4, 0.5) is 5.82 Å². The van der Waals surface area contributed by atoms with Gasteiger partial charge in [-0.05, 0) is 19.1 Å². The Morgan fingerprint density at radius 1 is 1.50 bits per heavy atom. The van der Waals surface area contributed by atoms with Crippen molar-refractivity contribution < 1.29 is 9.53 Å². The summed E-state index contributed by atoms with van der Waals surface area (Å²) in [6.45, 7) is 2.62. The summed E-state index contributed by atoms with van der Waals surface area (Å²) in [5, 5.41) is 7.73. The Labute approximate surface area is 98.3 Å². The van der Waals surface area contributed by atoms with Crippen LogP contribution < -0.4 is 10.9 Å². The summed E-state index contributed by atoms with van der Waals surface area (Å²) < 4.78 is 4.76. The molecule has 0 aliphatic heterocycles. The summed E-state index contributed by atoms with van der Waals surface area (Å²) in [5.74, 6) is 0.298. The van der Waals surface area contributed by atoms with Crippen molar-refractivity contribution in [3.8, 4) is 0 Å². The van der Waals surface area contributed by atoms with E-state index in [-0.39, 0.29) is 5.97 Å². The largest absolute Gasteiger partial charge is 0.466 e. The number of ether oxygens (including phenoxy) is 1. The average Bonchev–Trinajstić information content (AvgIpc) is 2.27. The maximum Gasteiger partial charge on any atom is 0.307 e. The van der Waals surface area contributed by atoms with Crippen molar-refractivity contribution in [1.29, 1.82) is 0 Å². The minimum atomic E-state index is -0.237. The highest BCUT2D eigenvalue weighted by atomic mass is 35.5. The Bertz CT molecular complexity index is 331. The molecule has 2 N–H and O–H groups in total. The van der Waals surface area contributed by atoms with Gasteiger partial charge in [0.05, 0.1) is 13.0 Å². The number of hydrogen-bond donors (Lipinski definition) is 2. The fourth-order valence-electron chi connectivity index (χ4n) is 0.933. The van der Waals surface area contributed by atoms with E-state index < -0.39 is 0 Å². The van der Waals surface area contributed by atoms with Crippen LogP contribution in [0.3, 0.4) is 0 Å². The minimum Gasteiger partial charge on any atom is -0.466 e. The van der Waals surface area contributed by atoms with Crippen LogP contribution in [-0.4, -0.2) is 29.3 Å². The van der Waals surface area contributed by atoms with E-state index in [1.807, 2.05) is 0 Å². The van der Waals surface area contributed by atoms with E-state index in [1.54, 1.807) is 19.1 Å². The lowest BCUT2D eigenvalue weighted by Gasteiger charge is -2.06. The fourth-order valence-corrected chi connectivity index (χ4v) is 1.03. The molecule has 6 nitrogen and oxygen atoms in total. The third kappa shape index (κ3) is 4.90. The number of anilines is 1. The van der Waals surface area contributed by atoms with Gasteiger partial charge in [-0.25, -0.2) is 5.43 Å². The molecule has 0 atom stereocenters. The van der Waals surface area contributed by atoms with Gasteiger partial charge in [0.2, 0.25) is 0 Å². The molecule has 7 heteroatoms. The number of nitrogens with zero attached hydrogens (tertiary/aromatic N) is 2. The van der Waals surface area contributed by atoms with Gasteiger partial charge in [0.1, 0.15) is 0 Å². The fraction of sp³-hybridized carbons (Fsp3) is 0.444. The standard InChI is InChI=1S/C9H13ClN4O2/c1-2-16-9(15)5-6-11-13-8-4-3-7(10)12-14-8/h3-4,11H,2,5-6H2,1H3,(H,13,14). The summed E-state index contributed by atoms with van der Waals surface area (Å²) in [5.41, 5.74) is 5.59. The Hall–Kier alpha value is -1.40. The van der Waals surface area contributed by atoms with Gasteiger partial charge in [-0.15, -0.1) is 10.2 Å². The lowest BCUT2D eigenvalue weighted by Crippen LogP contribution is -2.25. The molecule has 1 aromatic rings. The maximum absolute atomic E-state index is 11.0. The monoisotopic (exact) mass is 244 g/mol. The third-order valence-electron chi connectivity index (χ3n) is 1.61. The van der Waals surface area contributed by atoms with Crippen molar-refractivity contribution in [1.82, 2.24) is 15.6 Å². The van der Waals surface area contributed by atoms with Gasteiger partial charge in [-0.3, -0.25) is 4.79 Å². The first-order valence-corrected chi connectivity index (χ1v) is 5.24. The number of halogens is 1. The number of esters is 1. The van der Waals surface area contributed by atoms with Crippen LogP contribution >= 0.6 is 11.6 Å². The number of aromatic nitrogens is 2. The molecule has 0 fully saturated rings. The first kappa shape index (κ1) is 12.7. The van der Waals surface area contributed by atoms with E-state index in [0.717, 1.165) is 0 Å². The van der Waals surface area contributed by atoms with E-state index in [4.69, 9.17) is 16.3 Å². The van der Waals surface area contributed by atoms with Crippen LogP contribution in [0.15, 0.2) is 12.1 Å². The Morgan fingerprint density at radius 2 is 2.31 bits per heavy atom. The highest BCUT2D eigenvalue weighted by Crippen LogP contribution is 2.04. The topological polar surface area (TPSA) is 76.1 Å². The smallest absolute Gasteiger partial charge is 0.307 e. The van der Waals surface area contributed by atoms with Gasteiger partial charge in [0, 0.05) is 6.54 Å². The predicted octanol–water partition coefficient (Wildman–Crippen LogP) is 1.000. The zero-order valence-corrected chi connectivity index (χ0v) is 9.62. The molecular formula is C9H13ClN4O2. The molecule has 0 aliphatic carbocycles. The lowest BCUT2D eigenvalue weighted by atomic mass is 10.4. The van der Waals surface area contributed by atoms with Gasteiger partial charge < -0.3 is 10.2 Å². The van der Waals surface area contributed by atoms with Crippen LogP contribution in [-0.2, 0) is 9.53 Å². The maximum atomic E-state index is 11.0. The van der Waals surface area contributed by atoms with E-state index >= 15 is 0 Å². The van der Waals surface area contributed by atoms with E-state index in [9.17, 15) is 4.79 Å². The van der Waals surface area contributed by atoms with Crippen LogP contribution in [0.25, 0.3) is 0 Å². The SMILES string of the molecule is CCOC(=O)CCNNc1ccc(Cl)nn1. The van der Waals surface area contributed by atoms with Crippen molar-refractivity contribution in [2.45, 2.75) is 13.3 Å². The minimum absolute atomic E-state index is 0.237. The van der Waals surface area contributed by atoms with Gasteiger partial charge in [-0.2, -0.15) is 0 Å². The predicted molar refractivity (Wildman–Crippen MR) is 59.9 cm³/mol. The molecule has 16 heavy (non-hydrogen) atoms. The molecule has 0 saturated carbocycles. The lowest BCUT2D eigenvalue weighted by molar-refractivity contribution is -0.142. The highest BCUT2D eigenvalue weighted by molar-refractivity contribution is 6.29. The zero-order chi connectivity index (χ0) is 11.8. The molecule has 1 aromatic heterocycles. The van der Waals surface area contributed by atoms with Gasteiger partial charge >= 0.3 is 5.97 Å². The Balaban J connectivity index is 2.16. The molecule has 0 radical (unpaired) electrons. The van der Waals surface area contributed by atoms with E-state index in [2.05, 4.69) is 21.0 Å². The van der Waals surface area contributed by atoms with Crippen molar-refractivity contribution >= 4 is 23.4 Å². The molecular weight excluding hydrogens is 232 g/mol. The second kappa shape index (κ2) is 6.97. The second-order valence-electron chi connectivity index (χ2n) is 2.85. The quantitative estimate of drug-likeness (QED) is 0.442. The van der Waals surface area contributed by atoms with Crippen molar-refractivity contribution in [2.75, 3.05) is 18.6 Å². The number of hydrazine groups is 1. The molecule has 0 saturated heterocycles. The summed E-state index contributed by atoms with van der Waals surface area (Å²) in [6.07, 6.45) is 0.294. The Morgan fingerprint density at radius 3 is 2.94 bits per heavy atom. The van der Waals surface area contributed by atoms with Gasteiger partial charge in [0.25, 0.3) is 0 Å². The Kier molecular flexibility index (Phi) is 5.52. The van der Waals surface area contributed by atoms with Crippen LogP contribution in [0, 0.1) is 0 Å². The molecule has 0 aliphatic rings. The molecule has 0 amide bonds. The molecule has 0 aromatic carbocycles. The molecule has 1 heterocycles. The number of carbonyl (C=O) groups is 1. The summed E-state index contributed by atoms with van der Waals surface area (Å²) >= 11 is 5.57. The first-order valence-electron chi connectivity index (χ1n) is 4.86. The number of rotatable bonds is 6. The van der Waals surface area contributed by atoms with Crippen molar-refractivity contribution in [3.05, 3.63) is 17.3 Å². The highest BCUT2D eigenvalue weighted by Gasteiger charge is 2.00. The molecule has 0 spiro atoms. The normalized spacial score (nSPS) is 9.88. The zero-order valence-electron chi connectivity index (χ0n) is 8.86. The molecule has 1 rings (SSSR count). The average molecular weight is 245 g/mol. The van der Waals surface area contributed by atoms with Crippen LogP contribution in [0.1, 0.15) is 13.3 Å². The summed E-state index contributed by atoms with van der Waals surface area (Å²) in [4.78, 5) is 11.0. The third-order valence-corrected chi connectivity index (χ3v) is 1.81. The van der Waals surface area contributed by atoms with Crippen LogP contribution in [0.5, 0.6) is 0 Å². The number of hydrogen-bond acceptors (Lipinski definition) is 6. The second-order valence-corrected chi connectivity index (χ2v) is 3.24. The summed E-state index contributed by atoms with van der Waals surface area (Å²) in [6, 6.07) is 3.29. The number of carbonyl (C=O) groups excluding carboxylic acids is 1. The molecule has 0 unspecified atom stereocenters.